The van der Waals surface area contributed by atoms with Gasteiger partial charge in [0.15, 0.2) is 0 Å². The summed E-state index contributed by atoms with van der Waals surface area (Å²) in [5.74, 6) is 0. The molecule has 0 unspecified atom stereocenters. The first-order valence-electron chi connectivity index (χ1n) is 12.0. The van der Waals surface area contributed by atoms with E-state index < -0.39 is 0 Å². The monoisotopic (exact) mass is 511 g/mol. The Hall–Kier alpha value is -1.23. The molecular formula is C27H40Cl3N3. The lowest BCUT2D eigenvalue weighted by atomic mass is 10.2. The van der Waals surface area contributed by atoms with Gasteiger partial charge in [0.1, 0.15) is 0 Å². The summed E-state index contributed by atoms with van der Waals surface area (Å²) in [6.07, 6.45) is 8.66. The minimum Gasteiger partial charge on any atom is -0.343 e. The summed E-state index contributed by atoms with van der Waals surface area (Å²) >= 11 is 6.41. The van der Waals surface area contributed by atoms with Crippen LogP contribution in [-0.4, -0.2) is 35.6 Å². The molecule has 184 valence electrons. The van der Waals surface area contributed by atoms with Crippen LogP contribution >= 0.6 is 36.4 Å². The number of rotatable bonds is 14. The van der Waals surface area contributed by atoms with Crippen LogP contribution in [0.2, 0.25) is 5.02 Å². The predicted molar refractivity (Wildman–Crippen MR) is 150 cm³/mol. The van der Waals surface area contributed by atoms with E-state index in [1.807, 2.05) is 12.1 Å². The molecule has 2 aromatic carbocycles. The first-order valence-corrected chi connectivity index (χ1v) is 12.3. The van der Waals surface area contributed by atoms with Crippen LogP contribution in [0.5, 0.6) is 0 Å². The number of para-hydroxylation sites is 1. The Balaban J connectivity index is 0.00000272. The van der Waals surface area contributed by atoms with Crippen LogP contribution in [-0.2, 0) is 13.1 Å². The Morgan fingerprint density at radius 1 is 0.818 bits per heavy atom. The van der Waals surface area contributed by atoms with Gasteiger partial charge in [0.2, 0.25) is 0 Å². The third-order valence-electron chi connectivity index (χ3n) is 5.97. The molecule has 6 heteroatoms. The van der Waals surface area contributed by atoms with Gasteiger partial charge in [-0.1, -0.05) is 74.7 Å². The highest BCUT2D eigenvalue weighted by atomic mass is 35.5. The standard InChI is InChI=1S/C27H38ClN3.2ClH/c1-3-5-17-30(18-6-4-2)19-11-16-29-20-24-22-31(27-15-10-8-13-25(24)27)21-23-12-7-9-14-26(23)28;;/h7-10,12-15,22,29H,3-6,11,16-21H2,1-2H3;2*1H. The van der Waals surface area contributed by atoms with Crippen LogP contribution < -0.4 is 5.32 Å². The van der Waals surface area contributed by atoms with E-state index in [9.17, 15) is 0 Å². The molecule has 1 heterocycles. The normalized spacial score (nSPS) is 10.9. The van der Waals surface area contributed by atoms with E-state index >= 15 is 0 Å². The summed E-state index contributed by atoms with van der Waals surface area (Å²) in [5, 5.41) is 5.84. The van der Waals surface area contributed by atoms with E-state index in [1.165, 1.54) is 68.2 Å². The molecule has 0 amide bonds. The molecule has 3 nitrogen and oxygen atoms in total. The van der Waals surface area contributed by atoms with Crippen LogP contribution in [0.25, 0.3) is 10.9 Å². The number of halogens is 3. The number of nitrogens with zero attached hydrogens (tertiary/aromatic N) is 2. The number of benzene rings is 2. The zero-order chi connectivity index (χ0) is 21.9. The molecule has 1 N–H and O–H groups in total. The first-order chi connectivity index (χ1) is 15.2. The van der Waals surface area contributed by atoms with Crippen molar-refractivity contribution in [3.63, 3.8) is 0 Å². The number of nitrogens with one attached hydrogen (secondary N) is 1. The van der Waals surface area contributed by atoms with Crippen molar-refractivity contribution < 1.29 is 0 Å². The minimum absolute atomic E-state index is 0. The van der Waals surface area contributed by atoms with Gasteiger partial charge >= 0.3 is 0 Å². The summed E-state index contributed by atoms with van der Waals surface area (Å²) in [7, 11) is 0. The number of hydrogen-bond acceptors (Lipinski definition) is 2. The largest absolute Gasteiger partial charge is 0.343 e. The van der Waals surface area contributed by atoms with Gasteiger partial charge in [0.05, 0.1) is 0 Å². The molecule has 0 radical (unpaired) electrons. The molecule has 0 spiro atoms. The van der Waals surface area contributed by atoms with Gasteiger partial charge in [-0.3, -0.25) is 0 Å². The van der Waals surface area contributed by atoms with Crippen molar-refractivity contribution in [2.24, 2.45) is 0 Å². The van der Waals surface area contributed by atoms with Gasteiger partial charge in [-0.25, -0.2) is 0 Å². The summed E-state index contributed by atoms with van der Waals surface area (Å²) in [6, 6.07) is 16.8. The van der Waals surface area contributed by atoms with Crippen molar-refractivity contribution in [1.29, 1.82) is 0 Å². The highest BCUT2D eigenvalue weighted by Gasteiger charge is 2.10. The number of hydrogen-bond donors (Lipinski definition) is 1. The molecule has 0 aliphatic carbocycles. The third-order valence-corrected chi connectivity index (χ3v) is 6.34. The third kappa shape index (κ3) is 9.15. The van der Waals surface area contributed by atoms with E-state index in [0.717, 1.165) is 30.2 Å². The van der Waals surface area contributed by atoms with Gasteiger partial charge in [0.25, 0.3) is 0 Å². The lowest BCUT2D eigenvalue weighted by Crippen LogP contribution is -2.29. The summed E-state index contributed by atoms with van der Waals surface area (Å²) in [6.45, 7) is 11.0. The van der Waals surface area contributed by atoms with Crippen molar-refractivity contribution in [1.82, 2.24) is 14.8 Å². The lowest BCUT2D eigenvalue weighted by molar-refractivity contribution is 0.261. The molecule has 0 saturated heterocycles. The quantitative estimate of drug-likeness (QED) is 0.225. The van der Waals surface area contributed by atoms with Gasteiger partial charge in [-0.05, 0) is 68.7 Å². The fraction of sp³-hybridized carbons (Fsp3) is 0.481. The Kier molecular flexibility index (Phi) is 14.8. The van der Waals surface area contributed by atoms with Crippen molar-refractivity contribution in [3.05, 3.63) is 70.9 Å². The van der Waals surface area contributed by atoms with Crippen LogP contribution in [0.1, 0.15) is 57.1 Å². The van der Waals surface area contributed by atoms with Gasteiger partial charge < -0.3 is 14.8 Å². The fourth-order valence-electron chi connectivity index (χ4n) is 4.15. The lowest BCUT2D eigenvalue weighted by Gasteiger charge is -2.21. The second kappa shape index (κ2) is 16.4. The molecular weight excluding hydrogens is 473 g/mol. The smallest absolute Gasteiger partial charge is 0.0491 e. The van der Waals surface area contributed by atoms with E-state index in [-0.39, 0.29) is 24.8 Å². The van der Waals surface area contributed by atoms with E-state index in [1.54, 1.807) is 0 Å². The summed E-state index contributed by atoms with van der Waals surface area (Å²) in [4.78, 5) is 2.64. The first kappa shape index (κ1) is 29.8. The average Bonchev–Trinajstić information content (AvgIpc) is 3.14. The molecule has 0 aliphatic heterocycles. The van der Waals surface area contributed by atoms with Crippen LogP contribution in [0.15, 0.2) is 54.7 Å². The van der Waals surface area contributed by atoms with Crippen molar-refractivity contribution in [3.8, 4) is 0 Å². The summed E-state index contributed by atoms with van der Waals surface area (Å²) in [5.41, 5.74) is 3.78. The van der Waals surface area contributed by atoms with Crippen molar-refractivity contribution >= 4 is 47.3 Å². The maximum Gasteiger partial charge on any atom is 0.0491 e. The summed E-state index contributed by atoms with van der Waals surface area (Å²) < 4.78 is 2.32. The van der Waals surface area contributed by atoms with Crippen LogP contribution in [0.3, 0.4) is 0 Å². The Bertz CT molecular complexity index is 918. The highest BCUT2D eigenvalue weighted by molar-refractivity contribution is 6.31. The molecule has 3 aromatic rings. The Morgan fingerprint density at radius 2 is 1.45 bits per heavy atom. The zero-order valence-corrected chi connectivity index (χ0v) is 22.5. The van der Waals surface area contributed by atoms with Gasteiger partial charge in [-0.2, -0.15) is 0 Å². The number of fused-ring (bicyclic) bond motifs is 1. The topological polar surface area (TPSA) is 20.2 Å². The fourth-order valence-corrected chi connectivity index (χ4v) is 4.35. The predicted octanol–water partition coefficient (Wildman–Crippen LogP) is 7.57. The Morgan fingerprint density at radius 3 is 2.15 bits per heavy atom. The SMILES string of the molecule is CCCCN(CCCC)CCCNCc1cn(Cc2ccccc2Cl)c2ccccc12.Cl.Cl. The molecule has 0 fully saturated rings. The zero-order valence-electron chi connectivity index (χ0n) is 20.1. The number of aromatic nitrogens is 1. The maximum absolute atomic E-state index is 6.41. The molecule has 33 heavy (non-hydrogen) atoms. The molecule has 3 rings (SSSR count). The Labute approximate surface area is 217 Å². The second-order valence-electron chi connectivity index (χ2n) is 8.47. The van der Waals surface area contributed by atoms with Gasteiger partial charge in [0, 0.05) is 35.2 Å². The van der Waals surface area contributed by atoms with E-state index in [4.69, 9.17) is 11.6 Å². The molecule has 0 saturated carbocycles. The van der Waals surface area contributed by atoms with E-state index in [2.05, 4.69) is 71.2 Å². The van der Waals surface area contributed by atoms with Crippen LogP contribution in [0, 0.1) is 0 Å². The van der Waals surface area contributed by atoms with Crippen molar-refractivity contribution in [2.45, 2.75) is 59.0 Å². The highest BCUT2D eigenvalue weighted by Crippen LogP contribution is 2.24. The minimum atomic E-state index is 0. The molecule has 0 atom stereocenters. The van der Waals surface area contributed by atoms with Gasteiger partial charge in [-0.15, -0.1) is 24.8 Å². The molecule has 0 aliphatic rings. The van der Waals surface area contributed by atoms with Crippen molar-refractivity contribution in [2.75, 3.05) is 26.2 Å². The molecule has 1 aromatic heterocycles. The van der Waals surface area contributed by atoms with Crippen LogP contribution in [0.4, 0.5) is 0 Å². The second-order valence-corrected chi connectivity index (χ2v) is 8.88. The van der Waals surface area contributed by atoms with E-state index in [0.29, 0.717) is 0 Å². The average molecular weight is 513 g/mol. The number of unbranched alkanes of at least 4 members (excludes halogenated alkanes) is 2. The maximum atomic E-state index is 6.41. The molecule has 0 bridgehead atoms.